The van der Waals surface area contributed by atoms with Crippen molar-refractivity contribution in [2.24, 2.45) is 0 Å². The second-order valence-corrected chi connectivity index (χ2v) is 5.10. The van der Waals surface area contributed by atoms with Gasteiger partial charge in [0.2, 0.25) is 0 Å². The maximum absolute atomic E-state index is 10.2. The van der Waals surface area contributed by atoms with Crippen molar-refractivity contribution in [3.8, 4) is 0 Å². The van der Waals surface area contributed by atoms with E-state index in [2.05, 4.69) is 18.7 Å². The monoisotopic (exact) mass is 281 g/mol. The van der Waals surface area contributed by atoms with Crippen molar-refractivity contribution >= 4 is 22.6 Å². The van der Waals surface area contributed by atoms with Crippen LogP contribution in [0.3, 0.4) is 0 Å². The van der Waals surface area contributed by atoms with Crippen LogP contribution in [0.1, 0.15) is 32.1 Å². The molecular formula is C15H20ClNO2. The third kappa shape index (κ3) is 3.50. The lowest BCUT2D eigenvalue weighted by atomic mass is 10.1. The molecule has 0 saturated carbocycles. The Morgan fingerprint density at radius 2 is 2.00 bits per heavy atom. The normalized spacial score (nSPS) is 13.3. The minimum absolute atomic E-state index is 0.563. The number of aliphatic hydroxyl groups is 1. The molecule has 1 atom stereocenters. The first kappa shape index (κ1) is 14.4. The van der Waals surface area contributed by atoms with Gasteiger partial charge in [-0.25, -0.2) is 0 Å². The molecular weight excluding hydrogens is 262 g/mol. The van der Waals surface area contributed by atoms with Crippen LogP contribution in [0.4, 0.5) is 0 Å². The Bertz CT molecular complexity index is 534. The van der Waals surface area contributed by atoms with E-state index < -0.39 is 6.10 Å². The highest BCUT2D eigenvalue weighted by molar-refractivity contribution is 6.31. The largest absolute Gasteiger partial charge is 0.458 e. The lowest BCUT2D eigenvalue weighted by Crippen LogP contribution is -2.25. The van der Waals surface area contributed by atoms with E-state index >= 15 is 0 Å². The Kier molecular flexibility index (Phi) is 4.86. The molecule has 0 fully saturated rings. The first-order chi connectivity index (χ1) is 9.13. The Balaban J connectivity index is 2.06. The summed E-state index contributed by atoms with van der Waals surface area (Å²) in [5.41, 5.74) is 0.765. The maximum atomic E-state index is 10.2. The van der Waals surface area contributed by atoms with Crippen molar-refractivity contribution in [3.63, 3.8) is 0 Å². The van der Waals surface area contributed by atoms with Gasteiger partial charge in [-0.1, -0.05) is 25.4 Å². The summed E-state index contributed by atoms with van der Waals surface area (Å²) in [5, 5.41) is 11.8. The summed E-state index contributed by atoms with van der Waals surface area (Å²) in [5.74, 6) is 0.615. The average Bonchev–Trinajstić information content (AvgIpc) is 2.82. The molecule has 0 spiro atoms. The van der Waals surface area contributed by atoms with E-state index in [1.165, 1.54) is 0 Å². The van der Waals surface area contributed by atoms with Gasteiger partial charge in [-0.2, -0.15) is 0 Å². The van der Waals surface area contributed by atoms with Gasteiger partial charge in [0.15, 0.2) is 0 Å². The van der Waals surface area contributed by atoms with Gasteiger partial charge >= 0.3 is 0 Å². The zero-order chi connectivity index (χ0) is 13.8. The lowest BCUT2D eigenvalue weighted by Gasteiger charge is -2.19. The standard InChI is InChI=1S/C15H20ClNO2/c1-3-17(4-2)8-7-13(18)15-10-11-9-12(16)5-6-14(11)19-15/h5-6,9-10,13,18H,3-4,7-8H2,1-2H3. The maximum Gasteiger partial charge on any atom is 0.134 e. The predicted molar refractivity (Wildman–Crippen MR) is 78.6 cm³/mol. The lowest BCUT2D eigenvalue weighted by molar-refractivity contribution is 0.124. The van der Waals surface area contributed by atoms with E-state index in [0.29, 0.717) is 17.2 Å². The fourth-order valence-corrected chi connectivity index (χ4v) is 2.37. The van der Waals surface area contributed by atoms with Gasteiger partial charge in [0.25, 0.3) is 0 Å². The van der Waals surface area contributed by atoms with Gasteiger partial charge in [0, 0.05) is 17.0 Å². The molecule has 1 N–H and O–H groups in total. The zero-order valence-corrected chi connectivity index (χ0v) is 12.2. The van der Waals surface area contributed by atoms with Crippen LogP contribution in [0.2, 0.25) is 5.02 Å². The van der Waals surface area contributed by atoms with E-state index in [1.807, 2.05) is 18.2 Å². The zero-order valence-electron chi connectivity index (χ0n) is 11.4. The van der Waals surface area contributed by atoms with E-state index in [0.717, 1.165) is 30.6 Å². The molecule has 4 heteroatoms. The van der Waals surface area contributed by atoms with Crippen molar-refractivity contribution < 1.29 is 9.52 Å². The molecule has 104 valence electrons. The fraction of sp³-hybridized carbons (Fsp3) is 0.467. The van der Waals surface area contributed by atoms with Crippen molar-refractivity contribution in [1.82, 2.24) is 4.90 Å². The Hall–Kier alpha value is -1.03. The summed E-state index contributed by atoms with van der Waals surface area (Å²) in [6.07, 6.45) is 0.113. The fourth-order valence-electron chi connectivity index (χ4n) is 2.19. The first-order valence-electron chi connectivity index (χ1n) is 6.73. The highest BCUT2D eigenvalue weighted by Crippen LogP contribution is 2.27. The summed E-state index contributed by atoms with van der Waals surface area (Å²) in [7, 11) is 0. The van der Waals surface area contributed by atoms with Gasteiger partial charge in [-0.05, 0) is 43.8 Å². The molecule has 2 aromatic rings. The van der Waals surface area contributed by atoms with Crippen molar-refractivity contribution in [2.45, 2.75) is 26.4 Å². The average molecular weight is 282 g/mol. The summed E-state index contributed by atoms with van der Waals surface area (Å²) in [6.45, 7) is 7.11. The number of benzene rings is 1. The molecule has 0 saturated heterocycles. The van der Waals surface area contributed by atoms with Crippen LogP contribution in [0.25, 0.3) is 11.0 Å². The number of nitrogens with zero attached hydrogens (tertiary/aromatic N) is 1. The highest BCUT2D eigenvalue weighted by atomic mass is 35.5. The van der Waals surface area contributed by atoms with Crippen LogP contribution in [-0.2, 0) is 0 Å². The number of fused-ring (bicyclic) bond motifs is 1. The van der Waals surface area contributed by atoms with E-state index in [4.69, 9.17) is 16.0 Å². The Morgan fingerprint density at radius 1 is 1.26 bits per heavy atom. The quantitative estimate of drug-likeness (QED) is 0.874. The van der Waals surface area contributed by atoms with Crippen molar-refractivity contribution in [2.75, 3.05) is 19.6 Å². The van der Waals surface area contributed by atoms with Gasteiger partial charge in [0.1, 0.15) is 17.4 Å². The van der Waals surface area contributed by atoms with Crippen LogP contribution in [0.15, 0.2) is 28.7 Å². The van der Waals surface area contributed by atoms with Crippen LogP contribution in [-0.4, -0.2) is 29.6 Å². The third-order valence-electron chi connectivity index (χ3n) is 3.44. The molecule has 1 aromatic heterocycles. The van der Waals surface area contributed by atoms with Crippen LogP contribution >= 0.6 is 11.6 Å². The summed E-state index contributed by atoms with van der Waals surface area (Å²) >= 11 is 5.94. The molecule has 0 amide bonds. The molecule has 0 radical (unpaired) electrons. The number of hydrogen-bond donors (Lipinski definition) is 1. The topological polar surface area (TPSA) is 36.6 Å². The minimum atomic E-state index is -0.563. The number of rotatable bonds is 6. The molecule has 19 heavy (non-hydrogen) atoms. The van der Waals surface area contributed by atoms with Gasteiger partial charge in [0.05, 0.1) is 0 Å². The Morgan fingerprint density at radius 3 is 2.68 bits per heavy atom. The molecule has 0 bridgehead atoms. The first-order valence-corrected chi connectivity index (χ1v) is 7.11. The van der Waals surface area contributed by atoms with Crippen LogP contribution in [0.5, 0.6) is 0 Å². The molecule has 2 rings (SSSR count). The predicted octanol–water partition coefficient (Wildman–Crippen LogP) is 3.85. The number of hydrogen-bond acceptors (Lipinski definition) is 3. The van der Waals surface area contributed by atoms with Gasteiger partial charge in [-0.3, -0.25) is 0 Å². The van der Waals surface area contributed by atoms with E-state index in [9.17, 15) is 5.11 Å². The van der Waals surface area contributed by atoms with Gasteiger partial charge < -0.3 is 14.4 Å². The second-order valence-electron chi connectivity index (χ2n) is 4.66. The molecule has 3 nitrogen and oxygen atoms in total. The number of aliphatic hydroxyl groups excluding tert-OH is 1. The molecule has 1 heterocycles. The Labute approximate surface area is 118 Å². The molecule has 0 aliphatic carbocycles. The minimum Gasteiger partial charge on any atom is -0.458 e. The molecule has 0 aliphatic rings. The van der Waals surface area contributed by atoms with Crippen molar-refractivity contribution in [1.29, 1.82) is 0 Å². The number of furan rings is 1. The summed E-state index contributed by atoms with van der Waals surface area (Å²) < 4.78 is 5.66. The van der Waals surface area contributed by atoms with Gasteiger partial charge in [-0.15, -0.1) is 0 Å². The molecule has 1 aromatic carbocycles. The van der Waals surface area contributed by atoms with Crippen LogP contribution < -0.4 is 0 Å². The summed E-state index contributed by atoms with van der Waals surface area (Å²) in [6, 6.07) is 7.34. The second kappa shape index (κ2) is 6.42. The molecule has 0 aliphatic heterocycles. The molecule has 1 unspecified atom stereocenters. The third-order valence-corrected chi connectivity index (χ3v) is 3.67. The number of halogens is 1. The smallest absolute Gasteiger partial charge is 0.134 e. The van der Waals surface area contributed by atoms with Crippen LogP contribution in [0, 0.1) is 0 Å². The van der Waals surface area contributed by atoms with E-state index in [-0.39, 0.29) is 0 Å². The summed E-state index contributed by atoms with van der Waals surface area (Å²) in [4.78, 5) is 2.28. The van der Waals surface area contributed by atoms with Crippen molar-refractivity contribution in [3.05, 3.63) is 35.0 Å². The SMILES string of the molecule is CCN(CC)CCC(O)c1cc2cc(Cl)ccc2o1. The van der Waals surface area contributed by atoms with E-state index in [1.54, 1.807) is 6.07 Å². The highest BCUT2D eigenvalue weighted by Gasteiger charge is 2.14.